The minimum Gasteiger partial charge on any atom is -0.339 e. The third-order valence-electron chi connectivity index (χ3n) is 4.31. The van der Waals surface area contributed by atoms with Gasteiger partial charge in [0.2, 0.25) is 0 Å². The van der Waals surface area contributed by atoms with E-state index in [4.69, 9.17) is 5.73 Å². The lowest BCUT2D eigenvalue weighted by Crippen LogP contribution is -2.43. The van der Waals surface area contributed by atoms with Crippen LogP contribution in [0.3, 0.4) is 0 Å². The van der Waals surface area contributed by atoms with E-state index in [1.165, 1.54) is 5.56 Å². The maximum atomic E-state index is 12.8. The van der Waals surface area contributed by atoms with E-state index in [1.54, 1.807) is 0 Å². The molecule has 2 aromatic rings. The summed E-state index contributed by atoms with van der Waals surface area (Å²) in [7, 11) is 0. The number of hydrogen-bond acceptors (Lipinski definition) is 2. The van der Waals surface area contributed by atoms with E-state index in [9.17, 15) is 4.79 Å². The Morgan fingerprint density at radius 1 is 1.00 bits per heavy atom. The second kappa shape index (κ2) is 6.75. The molecular formula is C19H22N2O. The van der Waals surface area contributed by atoms with Crippen molar-refractivity contribution in [3.8, 4) is 0 Å². The van der Waals surface area contributed by atoms with Crippen LogP contribution in [0.5, 0.6) is 0 Å². The summed E-state index contributed by atoms with van der Waals surface area (Å²) in [5, 5.41) is 0. The van der Waals surface area contributed by atoms with Crippen molar-refractivity contribution in [1.82, 2.24) is 4.90 Å². The van der Waals surface area contributed by atoms with Crippen LogP contribution in [0.25, 0.3) is 0 Å². The quantitative estimate of drug-likeness (QED) is 0.946. The molecule has 3 heteroatoms. The lowest BCUT2D eigenvalue weighted by Gasteiger charge is -2.30. The molecule has 1 heterocycles. The summed E-state index contributed by atoms with van der Waals surface area (Å²) in [6.07, 6.45) is 2.58. The zero-order valence-corrected chi connectivity index (χ0v) is 12.7. The fraction of sp³-hybridized carbons (Fsp3) is 0.316. The van der Waals surface area contributed by atoms with Gasteiger partial charge in [0.1, 0.15) is 0 Å². The van der Waals surface area contributed by atoms with E-state index in [-0.39, 0.29) is 11.9 Å². The number of rotatable bonds is 3. The third kappa shape index (κ3) is 3.37. The summed E-state index contributed by atoms with van der Waals surface area (Å²) in [6.45, 7) is 1.53. The van der Waals surface area contributed by atoms with Crippen LogP contribution in [0.15, 0.2) is 54.6 Å². The molecule has 0 spiro atoms. The third-order valence-corrected chi connectivity index (χ3v) is 4.31. The molecule has 114 valence electrons. The molecule has 1 amide bonds. The highest BCUT2D eigenvalue weighted by Crippen LogP contribution is 2.18. The molecule has 3 rings (SSSR count). The van der Waals surface area contributed by atoms with Gasteiger partial charge in [-0.3, -0.25) is 4.79 Å². The average Bonchev–Trinajstić information content (AvgIpc) is 2.56. The molecule has 1 aliphatic heterocycles. The highest BCUT2D eigenvalue weighted by atomic mass is 16.2. The first-order chi connectivity index (χ1) is 10.7. The van der Waals surface area contributed by atoms with Crippen LogP contribution in [-0.2, 0) is 6.42 Å². The fourth-order valence-electron chi connectivity index (χ4n) is 2.97. The summed E-state index contributed by atoms with van der Waals surface area (Å²) in [5.74, 6) is 0.137. The Morgan fingerprint density at radius 2 is 1.64 bits per heavy atom. The molecule has 3 nitrogen and oxygen atoms in total. The normalized spacial score (nSPS) is 15.8. The van der Waals surface area contributed by atoms with Crippen molar-refractivity contribution in [1.29, 1.82) is 0 Å². The number of benzene rings is 2. The smallest absolute Gasteiger partial charge is 0.254 e. The van der Waals surface area contributed by atoms with Crippen molar-refractivity contribution in [2.45, 2.75) is 25.3 Å². The molecule has 1 saturated heterocycles. The number of hydrogen-bond donors (Lipinski definition) is 1. The number of carbonyl (C=O) groups is 1. The predicted molar refractivity (Wildman–Crippen MR) is 88.8 cm³/mol. The Kier molecular flexibility index (Phi) is 4.54. The van der Waals surface area contributed by atoms with Gasteiger partial charge in [-0.1, -0.05) is 48.5 Å². The molecule has 22 heavy (non-hydrogen) atoms. The van der Waals surface area contributed by atoms with Crippen LogP contribution in [0, 0.1) is 0 Å². The van der Waals surface area contributed by atoms with E-state index in [0.29, 0.717) is 0 Å². The minimum atomic E-state index is 0.137. The second-order valence-electron chi connectivity index (χ2n) is 5.95. The molecule has 2 aromatic carbocycles. The summed E-state index contributed by atoms with van der Waals surface area (Å²) >= 11 is 0. The van der Waals surface area contributed by atoms with Crippen LogP contribution in [0.2, 0.25) is 0 Å². The van der Waals surface area contributed by atoms with Crippen molar-refractivity contribution in [3.05, 3.63) is 71.3 Å². The largest absolute Gasteiger partial charge is 0.339 e. The molecule has 1 aliphatic rings. The van der Waals surface area contributed by atoms with Crippen molar-refractivity contribution >= 4 is 5.91 Å². The van der Waals surface area contributed by atoms with Gasteiger partial charge in [0.25, 0.3) is 5.91 Å². The monoisotopic (exact) mass is 294 g/mol. The number of likely N-dealkylation sites (tertiary alicyclic amines) is 1. The fourth-order valence-corrected chi connectivity index (χ4v) is 2.97. The molecule has 2 N–H and O–H groups in total. The first-order valence-corrected chi connectivity index (χ1v) is 7.91. The molecule has 1 fully saturated rings. The van der Waals surface area contributed by atoms with Crippen molar-refractivity contribution in [2.24, 2.45) is 5.73 Å². The highest BCUT2D eigenvalue weighted by Gasteiger charge is 2.23. The summed E-state index contributed by atoms with van der Waals surface area (Å²) < 4.78 is 0. The number of nitrogens with zero attached hydrogens (tertiary/aromatic N) is 1. The first-order valence-electron chi connectivity index (χ1n) is 7.91. The van der Waals surface area contributed by atoms with E-state index >= 15 is 0 Å². The number of nitrogens with two attached hydrogens (primary N) is 1. The topological polar surface area (TPSA) is 46.3 Å². The lowest BCUT2D eigenvalue weighted by molar-refractivity contribution is 0.0714. The van der Waals surface area contributed by atoms with Crippen LogP contribution in [0.4, 0.5) is 0 Å². The van der Waals surface area contributed by atoms with Gasteiger partial charge >= 0.3 is 0 Å². The Hall–Kier alpha value is -2.13. The standard InChI is InChI=1S/C19H22N2O/c20-17-10-12-21(13-11-17)19(22)18-9-5-4-8-16(18)14-15-6-2-1-3-7-15/h1-9,17H,10-14,20H2. The summed E-state index contributed by atoms with van der Waals surface area (Å²) in [5.41, 5.74) is 9.07. The SMILES string of the molecule is NC1CCN(C(=O)c2ccccc2Cc2ccccc2)CC1. The Bertz CT molecular complexity index is 631. The van der Waals surface area contributed by atoms with E-state index in [0.717, 1.165) is 43.5 Å². The summed E-state index contributed by atoms with van der Waals surface area (Å²) in [6, 6.07) is 18.4. The number of piperidine rings is 1. The van der Waals surface area contributed by atoms with Gasteiger partial charge in [0.15, 0.2) is 0 Å². The zero-order chi connectivity index (χ0) is 15.4. The second-order valence-corrected chi connectivity index (χ2v) is 5.95. The van der Waals surface area contributed by atoms with Gasteiger partial charge in [-0.25, -0.2) is 0 Å². The minimum absolute atomic E-state index is 0.137. The molecule has 0 aliphatic carbocycles. The van der Waals surface area contributed by atoms with Gasteiger partial charge in [-0.15, -0.1) is 0 Å². The predicted octanol–water partition coefficient (Wildman–Crippen LogP) is 2.84. The van der Waals surface area contributed by atoms with E-state index in [2.05, 4.69) is 18.2 Å². The van der Waals surface area contributed by atoms with Crippen molar-refractivity contribution in [3.63, 3.8) is 0 Å². The Morgan fingerprint density at radius 3 is 2.36 bits per heavy atom. The van der Waals surface area contributed by atoms with E-state index in [1.807, 2.05) is 41.3 Å². The lowest BCUT2D eigenvalue weighted by atomic mass is 9.98. The number of amides is 1. The van der Waals surface area contributed by atoms with Crippen LogP contribution in [-0.4, -0.2) is 29.9 Å². The molecule has 0 radical (unpaired) electrons. The van der Waals surface area contributed by atoms with Gasteiger partial charge in [-0.2, -0.15) is 0 Å². The average molecular weight is 294 g/mol. The Labute approximate surface area is 131 Å². The molecule has 0 bridgehead atoms. The molecule has 0 unspecified atom stereocenters. The first kappa shape index (κ1) is 14.8. The van der Waals surface area contributed by atoms with Crippen molar-refractivity contribution in [2.75, 3.05) is 13.1 Å². The van der Waals surface area contributed by atoms with E-state index < -0.39 is 0 Å². The van der Waals surface area contributed by atoms with Crippen LogP contribution >= 0.6 is 0 Å². The molecular weight excluding hydrogens is 272 g/mol. The maximum absolute atomic E-state index is 12.8. The van der Waals surface area contributed by atoms with Gasteiger partial charge in [0, 0.05) is 24.7 Å². The molecule has 0 atom stereocenters. The molecule has 0 aromatic heterocycles. The molecule has 0 saturated carbocycles. The number of carbonyl (C=O) groups excluding carboxylic acids is 1. The summed E-state index contributed by atoms with van der Waals surface area (Å²) in [4.78, 5) is 14.7. The van der Waals surface area contributed by atoms with Gasteiger partial charge in [-0.05, 0) is 36.5 Å². The van der Waals surface area contributed by atoms with Crippen LogP contribution < -0.4 is 5.73 Å². The van der Waals surface area contributed by atoms with Crippen molar-refractivity contribution < 1.29 is 4.79 Å². The van der Waals surface area contributed by atoms with Crippen LogP contribution in [0.1, 0.15) is 34.3 Å². The van der Waals surface area contributed by atoms with Gasteiger partial charge in [0.05, 0.1) is 0 Å². The zero-order valence-electron chi connectivity index (χ0n) is 12.7. The Balaban J connectivity index is 1.80. The maximum Gasteiger partial charge on any atom is 0.254 e. The van der Waals surface area contributed by atoms with Gasteiger partial charge < -0.3 is 10.6 Å². The highest BCUT2D eigenvalue weighted by molar-refractivity contribution is 5.95.